The molecule has 0 unspecified atom stereocenters. The van der Waals surface area contributed by atoms with Gasteiger partial charge in [0.15, 0.2) is 0 Å². The molecule has 2 heteroatoms. The van der Waals surface area contributed by atoms with Gasteiger partial charge in [-0.15, -0.1) is 6.42 Å². The van der Waals surface area contributed by atoms with E-state index < -0.39 is 0 Å². The van der Waals surface area contributed by atoms with E-state index in [1.165, 1.54) is 0 Å². The standard InChI is InChI=1S/C5H5.O.W/c1-2-4-5-3-1;;/h1-3H,4H2;;/q-1;;. The summed E-state index contributed by atoms with van der Waals surface area (Å²) >= 11 is 0.333. The first-order valence-electron chi connectivity index (χ1n) is 1.88. The van der Waals surface area contributed by atoms with Crippen molar-refractivity contribution in [2.75, 3.05) is 0 Å². The summed E-state index contributed by atoms with van der Waals surface area (Å²) in [5.74, 6) is 0. The molecule has 0 radical (unpaired) electrons. The van der Waals surface area contributed by atoms with Crippen molar-refractivity contribution in [3.05, 3.63) is 24.3 Å². The Morgan fingerprint density at radius 2 is 2.29 bits per heavy atom. The van der Waals surface area contributed by atoms with Gasteiger partial charge in [-0.25, -0.2) is 12.2 Å². The minimum atomic E-state index is 0.333. The van der Waals surface area contributed by atoms with Gasteiger partial charge in [0.1, 0.15) is 0 Å². The van der Waals surface area contributed by atoms with Gasteiger partial charge in [-0.2, -0.15) is 6.08 Å². The average molecular weight is 265 g/mol. The molecule has 0 N–H and O–H groups in total. The van der Waals surface area contributed by atoms with Crippen LogP contribution in [0.1, 0.15) is 6.42 Å². The van der Waals surface area contributed by atoms with Crippen molar-refractivity contribution in [2.24, 2.45) is 0 Å². The molecule has 0 aromatic carbocycles. The predicted molar refractivity (Wildman–Crippen MR) is 22.3 cm³/mol. The Morgan fingerprint density at radius 3 is 2.43 bits per heavy atom. The first-order valence-corrected chi connectivity index (χ1v) is 3.08. The summed E-state index contributed by atoms with van der Waals surface area (Å²) < 4.78 is 8.33. The van der Waals surface area contributed by atoms with E-state index in [0.29, 0.717) is 19.8 Å². The van der Waals surface area contributed by atoms with Gasteiger partial charge in [0.2, 0.25) is 0 Å². The normalized spacial score (nSPS) is 13.1. The van der Waals surface area contributed by atoms with Crippen LogP contribution in [0.4, 0.5) is 0 Å². The van der Waals surface area contributed by atoms with Gasteiger partial charge in [-0.3, -0.25) is 6.08 Å². The van der Waals surface area contributed by atoms with Crippen molar-refractivity contribution >= 4 is 0 Å². The maximum atomic E-state index is 8.33. The quantitative estimate of drug-likeness (QED) is 0.601. The van der Waals surface area contributed by atoms with E-state index in [9.17, 15) is 0 Å². The van der Waals surface area contributed by atoms with Crippen LogP contribution >= 0.6 is 0 Å². The maximum absolute atomic E-state index is 8.33. The average Bonchev–Trinajstić information content (AvgIpc) is 2.23. The molecule has 38 valence electrons. The van der Waals surface area contributed by atoms with Gasteiger partial charge in [0, 0.05) is 0 Å². The van der Waals surface area contributed by atoms with E-state index in [1.807, 2.05) is 12.2 Å². The molecule has 1 aliphatic carbocycles. The molecule has 1 nitrogen and oxygen atoms in total. The molecule has 7 heavy (non-hydrogen) atoms. The molecule has 0 saturated carbocycles. The first kappa shape index (κ1) is 6.97. The topological polar surface area (TPSA) is 17.1 Å². The van der Waals surface area contributed by atoms with Gasteiger partial charge >= 0.3 is 23.2 Å². The Morgan fingerprint density at radius 1 is 1.57 bits per heavy atom. The van der Waals surface area contributed by atoms with Gasteiger partial charge in [-0.1, -0.05) is 0 Å². The van der Waals surface area contributed by atoms with Crippen LogP contribution in [0, 0.1) is 6.08 Å². The summed E-state index contributed by atoms with van der Waals surface area (Å²) in [6.45, 7) is 0. The van der Waals surface area contributed by atoms with Crippen LogP contribution in [0.2, 0.25) is 0 Å². The summed E-state index contributed by atoms with van der Waals surface area (Å²) in [5.41, 5.74) is 0. The molecule has 0 fully saturated rings. The molecular weight excluding hydrogens is 260 g/mol. The van der Waals surface area contributed by atoms with E-state index in [1.54, 1.807) is 0 Å². The second-order valence-corrected chi connectivity index (χ2v) is 1.00. The van der Waals surface area contributed by atoms with Gasteiger partial charge in [0.25, 0.3) is 0 Å². The zero-order valence-electron chi connectivity index (χ0n) is 3.76. The number of allylic oxidation sites excluding steroid dienone is 4. The molecular formula is C5H5OW-. The molecule has 0 amide bonds. The van der Waals surface area contributed by atoms with Crippen molar-refractivity contribution in [3.8, 4) is 0 Å². The second kappa shape index (κ2) is 5.97. The van der Waals surface area contributed by atoms with Crippen molar-refractivity contribution < 1.29 is 23.2 Å². The Hall–Kier alpha value is -0.0317. The zero-order chi connectivity index (χ0) is 5.54. The summed E-state index contributed by atoms with van der Waals surface area (Å²) in [7, 11) is 0. The Kier molecular flexibility index (Phi) is 5.94. The molecule has 0 aromatic rings. The summed E-state index contributed by atoms with van der Waals surface area (Å²) in [4.78, 5) is 0. The van der Waals surface area contributed by atoms with Crippen LogP contribution in [-0.2, 0) is 23.2 Å². The third kappa shape index (κ3) is 3.81. The third-order valence-electron chi connectivity index (χ3n) is 0.586. The van der Waals surface area contributed by atoms with Crippen molar-refractivity contribution in [1.29, 1.82) is 0 Å². The number of hydrogen-bond acceptors (Lipinski definition) is 1. The van der Waals surface area contributed by atoms with Crippen LogP contribution in [0.5, 0.6) is 0 Å². The third-order valence-corrected chi connectivity index (χ3v) is 0.586. The van der Waals surface area contributed by atoms with Gasteiger partial charge < -0.3 is 0 Å². The number of rotatable bonds is 0. The molecule has 0 spiro atoms. The van der Waals surface area contributed by atoms with Crippen molar-refractivity contribution in [3.63, 3.8) is 0 Å². The van der Waals surface area contributed by atoms with Gasteiger partial charge in [-0.05, 0) is 0 Å². The fourth-order valence-electron chi connectivity index (χ4n) is 0.340. The Balaban J connectivity index is 0.000000162. The van der Waals surface area contributed by atoms with Crippen LogP contribution < -0.4 is 0 Å². The molecule has 0 heterocycles. The molecule has 0 bridgehead atoms. The molecule has 0 aromatic heterocycles. The zero-order valence-corrected chi connectivity index (χ0v) is 6.69. The molecule has 1 rings (SSSR count). The molecule has 0 saturated heterocycles. The first-order chi connectivity index (χ1) is 3.50. The SMILES string of the molecule is [C-]1=CC=CC1.[O]=[W]. The fourth-order valence-corrected chi connectivity index (χ4v) is 0.340. The summed E-state index contributed by atoms with van der Waals surface area (Å²) in [6.07, 6.45) is 10.0. The monoisotopic (exact) mass is 265 g/mol. The van der Waals surface area contributed by atoms with E-state index in [4.69, 9.17) is 3.40 Å². The summed E-state index contributed by atoms with van der Waals surface area (Å²) in [5, 5.41) is 0. The van der Waals surface area contributed by atoms with Crippen molar-refractivity contribution in [2.45, 2.75) is 6.42 Å². The van der Waals surface area contributed by atoms with Gasteiger partial charge in [0.05, 0.1) is 0 Å². The second-order valence-electron chi connectivity index (χ2n) is 1.00. The van der Waals surface area contributed by atoms with E-state index >= 15 is 0 Å². The van der Waals surface area contributed by atoms with E-state index in [2.05, 4.69) is 12.2 Å². The van der Waals surface area contributed by atoms with Crippen LogP contribution in [0.25, 0.3) is 0 Å². The van der Waals surface area contributed by atoms with E-state index in [0.717, 1.165) is 6.42 Å². The fraction of sp³-hybridized carbons (Fsp3) is 0.200. The number of hydrogen-bond donors (Lipinski definition) is 0. The van der Waals surface area contributed by atoms with Crippen LogP contribution in [-0.4, -0.2) is 0 Å². The summed E-state index contributed by atoms with van der Waals surface area (Å²) in [6, 6.07) is 0. The Bertz CT molecular complexity index is 76.1. The van der Waals surface area contributed by atoms with Crippen LogP contribution in [0.3, 0.4) is 0 Å². The van der Waals surface area contributed by atoms with E-state index in [-0.39, 0.29) is 0 Å². The molecule has 1 aliphatic rings. The molecule has 0 aliphatic heterocycles. The predicted octanol–water partition coefficient (Wildman–Crippen LogP) is 1.18. The Labute approximate surface area is 54.3 Å². The minimum absolute atomic E-state index is 0.333. The molecule has 0 atom stereocenters. The van der Waals surface area contributed by atoms with Crippen LogP contribution in [0.15, 0.2) is 18.2 Å². The van der Waals surface area contributed by atoms with Crippen molar-refractivity contribution in [1.82, 2.24) is 0 Å².